The topological polar surface area (TPSA) is 46.6 Å². The third kappa shape index (κ3) is 4.40. The second-order valence-corrected chi connectivity index (χ2v) is 4.53. The molecule has 0 N–H and O–H groups in total. The number of carbonyl (C=O) groups is 2. The molecule has 1 aliphatic heterocycles. The molecule has 0 spiro atoms. The van der Waals surface area contributed by atoms with Gasteiger partial charge in [-0.15, -0.1) is 0 Å². The van der Waals surface area contributed by atoms with Crippen LogP contribution in [0.1, 0.15) is 39.0 Å². The largest absolute Gasteiger partial charge is 0.471 e. The number of rotatable bonds is 4. The Morgan fingerprint density at radius 1 is 1.32 bits per heavy atom. The molecule has 0 aromatic heterocycles. The van der Waals surface area contributed by atoms with Gasteiger partial charge in [0, 0.05) is 6.54 Å². The number of alkyl halides is 3. The monoisotopic (exact) mass is 281 g/mol. The van der Waals surface area contributed by atoms with Crippen LogP contribution in [0, 0.1) is 0 Å². The normalized spacial score (nSPS) is 20.2. The Morgan fingerprint density at radius 2 is 2.00 bits per heavy atom. The van der Waals surface area contributed by atoms with Crippen LogP contribution in [0.25, 0.3) is 0 Å². The van der Waals surface area contributed by atoms with Gasteiger partial charge in [-0.2, -0.15) is 13.2 Å². The SMILES string of the molecule is CCCCOC(=O)C1CCCCN1C(=O)C(F)(F)F. The molecule has 1 saturated heterocycles. The van der Waals surface area contributed by atoms with Crippen LogP contribution < -0.4 is 0 Å². The lowest BCUT2D eigenvalue weighted by Gasteiger charge is -2.34. The summed E-state index contributed by atoms with van der Waals surface area (Å²) in [5, 5.41) is 0. The molecule has 1 heterocycles. The van der Waals surface area contributed by atoms with E-state index in [1.54, 1.807) is 0 Å². The summed E-state index contributed by atoms with van der Waals surface area (Å²) in [5.74, 6) is -2.68. The number of carbonyl (C=O) groups excluding carboxylic acids is 2. The van der Waals surface area contributed by atoms with Crippen molar-refractivity contribution in [1.82, 2.24) is 4.90 Å². The molecule has 0 bridgehead atoms. The molecule has 1 aliphatic rings. The second-order valence-electron chi connectivity index (χ2n) is 4.53. The van der Waals surface area contributed by atoms with Crippen LogP contribution >= 0.6 is 0 Å². The maximum Gasteiger partial charge on any atom is 0.471 e. The minimum atomic E-state index is -4.95. The highest BCUT2D eigenvalue weighted by atomic mass is 19.4. The molecule has 19 heavy (non-hydrogen) atoms. The van der Waals surface area contributed by atoms with Crippen LogP contribution in [0.15, 0.2) is 0 Å². The van der Waals surface area contributed by atoms with Gasteiger partial charge < -0.3 is 9.64 Å². The van der Waals surface area contributed by atoms with Crippen molar-refractivity contribution in [3.63, 3.8) is 0 Å². The summed E-state index contributed by atoms with van der Waals surface area (Å²) in [6.45, 7) is 2.04. The highest BCUT2D eigenvalue weighted by Crippen LogP contribution is 2.25. The Morgan fingerprint density at radius 3 is 2.58 bits per heavy atom. The van der Waals surface area contributed by atoms with E-state index in [9.17, 15) is 22.8 Å². The predicted octanol–water partition coefficient (Wildman–Crippen LogP) is 2.27. The van der Waals surface area contributed by atoms with Gasteiger partial charge in [0.2, 0.25) is 0 Å². The number of hydrogen-bond donors (Lipinski definition) is 0. The molecular formula is C12H18F3NO3. The summed E-state index contributed by atoms with van der Waals surface area (Å²) < 4.78 is 42.2. The van der Waals surface area contributed by atoms with E-state index >= 15 is 0 Å². The minimum Gasteiger partial charge on any atom is -0.464 e. The number of likely N-dealkylation sites (tertiary alicyclic amines) is 1. The van der Waals surface area contributed by atoms with Crippen molar-refractivity contribution in [3.05, 3.63) is 0 Å². The number of nitrogens with zero attached hydrogens (tertiary/aromatic N) is 1. The number of halogens is 3. The van der Waals surface area contributed by atoms with Crippen molar-refractivity contribution in [1.29, 1.82) is 0 Å². The summed E-state index contributed by atoms with van der Waals surface area (Å²) in [6, 6.07) is -1.10. The van der Waals surface area contributed by atoms with Crippen molar-refractivity contribution >= 4 is 11.9 Å². The lowest BCUT2D eigenvalue weighted by atomic mass is 10.0. The first-order valence-electron chi connectivity index (χ1n) is 6.42. The average molecular weight is 281 g/mol. The van der Waals surface area contributed by atoms with Gasteiger partial charge in [-0.25, -0.2) is 4.79 Å². The van der Waals surface area contributed by atoms with Crippen molar-refractivity contribution in [2.45, 2.75) is 51.2 Å². The second kappa shape index (κ2) is 6.77. The van der Waals surface area contributed by atoms with E-state index in [4.69, 9.17) is 4.74 Å². The third-order valence-corrected chi connectivity index (χ3v) is 3.02. The molecule has 110 valence electrons. The Kier molecular flexibility index (Phi) is 5.62. The van der Waals surface area contributed by atoms with Crippen LogP contribution in [0.3, 0.4) is 0 Å². The third-order valence-electron chi connectivity index (χ3n) is 3.02. The zero-order valence-electron chi connectivity index (χ0n) is 10.8. The molecule has 0 aromatic carbocycles. The van der Waals surface area contributed by atoms with Crippen molar-refractivity contribution in [2.24, 2.45) is 0 Å². The van der Waals surface area contributed by atoms with Gasteiger partial charge in [-0.1, -0.05) is 13.3 Å². The highest BCUT2D eigenvalue weighted by Gasteiger charge is 2.47. The van der Waals surface area contributed by atoms with Crippen LogP contribution in [-0.2, 0) is 14.3 Å². The maximum atomic E-state index is 12.4. The van der Waals surface area contributed by atoms with E-state index in [1.807, 2.05) is 6.92 Å². The Labute approximate surface area is 109 Å². The fourth-order valence-corrected chi connectivity index (χ4v) is 2.00. The van der Waals surface area contributed by atoms with Gasteiger partial charge >= 0.3 is 18.1 Å². The number of esters is 1. The lowest BCUT2D eigenvalue weighted by molar-refractivity contribution is -0.191. The van der Waals surface area contributed by atoms with E-state index in [0.717, 1.165) is 6.42 Å². The van der Waals surface area contributed by atoms with E-state index in [1.165, 1.54) is 0 Å². The zero-order chi connectivity index (χ0) is 14.5. The van der Waals surface area contributed by atoms with Gasteiger partial charge in [0.1, 0.15) is 6.04 Å². The van der Waals surface area contributed by atoms with Gasteiger partial charge in [0.25, 0.3) is 0 Å². The van der Waals surface area contributed by atoms with Crippen LogP contribution in [0.2, 0.25) is 0 Å². The molecule has 1 rings (SSSR count). The fourth-order valence-electron chi connectivity index (χ4n) is 2.00. The van der Waals surface area contributed by atoms with Gasteiger partial charge in [0.15, 0.2) is 0 Å². The summed E-state index contributed by atoms with van der Waals surface area (Å²) in [5.41, 5.74) is 0. The van der Waals surface area contributed by atoms with E-state index in [-0.39, 0.29) is 19.6 Å². The molecule has 0 aliphatic carbocycles. The van der Waals surface area contributed by atoms with Gasteiger partial charge in [-0.3, -0.25) is 4.79 Å². The number of hydrogen-bond acceptors (Lipinski definition) is 3. The van der Waals surface area contributed by atoms with E-state index in [0.29, 0.717) is 24.2 Å². The molecular weight excluding hydrogens is 263 g/mol. The summed E-state index contributed by atoms with van der Waals surface area (Å²) in [7, 11) is 0. The minimum absolute atomic E-state index is 0.0497. The standard InChI is InChI=1S/C12H18F3NO3/c1-2-3-8-19-10(17)9-6-4-5-7-16(9)11(18)12(13,14)15/h9H,2-8H2,1H3. The van der Waals surface area contributed by atoms with Crippen LogP contribution in [0.4, 0.5) is 13.2 Å². The fraction of sp³-hybridized carbons (Fsp3) is 0.833. The quantitative estimate of drug-likeness (QED) is 0.586. The molecule has 0 aromatic rings. The van der Waals surface area contributed by atoms with Crippen molar-refractivity contribution in [3.8, 4) is 0 Å². The van der Waals surface area contributed by atoms with Crippen LogP contribution in [-0.4, -0.2) is 42.1 Å². The average Bonchev–Trinajstić information content (AvgIpc) is 2.37. The molecule has 1 fully saturated rings. The number of unbranched alkanes of at least 4 members (excludes halogenated alkanes) is 1. The number of amides is 1. The smallest absolute Gasteiger partial charge is 0.464 e. The Balaban J connectivity index is 2.67. The molecule has 1 amide bonds. The Bertz CT molecular complexity index is 331. The lowest BCUT2D eigenvalue weighted by Crippen LogP contribution is -2.53. The molecule has 1 unspecified atom stereocenters. The van der Waals surface area contributed by atoms with E-state index < -0.39 is 24.1 Å². The summed E-state index contributed by atoms with van der Waals surface area (Å²) in [4.78, 5) is 23.6. The molecule has 0 saturated carbocycles. The zero-order valence-corrected chi connectivity index (χ0v) is 10.8. The number of piperidine rings is 1. The molecule has 0 radical (unpaired) electrons. The van der Waals surface area contributed by atoms with E-state index in [2.05, 4.69) is 0 Å². The molecule has 4 nitrogen and oxygen atoms in total. The van der Waals surface area contributed by atoms with Gasteiger partial charge in [0.05, 0.1) is 6.61 Å². The highest BCUT2D eigenvalue weighted by molar-refractivity contribution is 5.87. The number of ether oxygens (including phenoxy) is 1. The Hall–Kier alpha value is -1.27. The van der Waals surface area contributed by atoms with Crippen LogP contribution in [0.5, 0.6) is 0 Å². The maximum absolute atomic E-state index is 12.4. The van der Waals surface area contributed by atoms with Crippen molar-refractivity contribution in [2.75, 3.05) is 13.2 Å². The molecule has 7 heteroatoms. The first kappa shape index (κ1) is 15.8. The summed E-state index contributed by atoms with van der Waals surface area (Å²) in [6.07, 6.45) is -2.14. The predicted molar refractivity (Wildman–Crippen MR) is 61.3 cm³/mol. The van der Waals surface area contributed by atoms with Crippen molar-refractivity contribution < 1.29 is 27.5 Å². The molecule has 1 atom stereocenters. The first-order chi connectivity index (χ1) is 8.88. The summed E-state index contributed by atoms with van der Waals surface area (Å²) >= 11 is 0. The van der Waals surface area contributed by atoms with Gasteiger partial charge in [-0.05, 0) is 25.7 Å². The first-order valence-corrected chi connectivity index (χ1v) is 6.42.